The summed E-state index contributed by atoms with van der Waals surface area (Å²) in [5, 5.41) is 0. The number of Topliss-reactive ketones (excluding diaryl/α,β-unsaturated/α-hetero) is 1. The molecule has 1 saturated carbocycles. The first-order valence-electron chi connectivity index (χ1n) is 5.85. The molecule has 2 aromatic rings. The smallest absolute Gasteiger partial charge is 0.178 e. The lowest BCUT2D eigenvalue weighted by Crippen LogP contribution is -2.31. The molecule has 0 aliphatic heterocycles. The van der Waals surface area contributed by atoms with Crippen LogP contribution in [0.5, 0.6) is 0 Å². The fourth-order valence-electron chi connectivity index (χ4n) is 2.51. The summed E-state index contributed by atoms with van der Waals surface area (Å²) in [5.41, 5.74) is 0. The molecule has 0 amide bonds. The average Bonchev–Trinajstić information content (AvgIpc) is 3.02. The minimum Gasteiger partial charge on any atom is -0.327 e. The van der Waals surface area contributed by atoms with Crippen molar-refractivity contribution in [1.82, 2.24) is 19.1 Å². The number of imidazole rings is 2. The van der Waals surface area contributed by atoms with Gasteiger partial charge in [-0.05, 0) is 19.3 Å². The van der Waals surface area contributed by atoms with Crippen molar-refractivity contribution in [2.24, 2.45) is 0 Å². The highest BCUT2D eigenvalue weighted by atomic mass is 16.1. The van der Waals surface area contributed by atoms with Gasteiger partial charge in [-0.2, -0.15) is 0 Å². The van der Waals surface area contributed by atoms with Crippen LogP contribution in [0.15, 0.2) is 37.4 Å². The lowest BCUT2D eigenvalue weighted by atomic mass is 9.89. The zero-order chi connectivity index (χ0) is 11.7. The van der Waals surface area contributed by atoms with E-state index in [4.69, 9.17) is 0 Å². The summed E-state index contributed by atoms with van der Waals surface area (Å²) in [5.74, 6) is 0.257. The molecule has 88 valence electrons. The lowest BCUT2D eigenvalue weighted by molar-refractivity contribution is -0.127. The highest BCUT2D eigenvalue weighted by Crippen LogP contribution is 2.31. The Kier molecular flexibility index (Phi) is 2.51. The minimum absolute atomic E-state index is 0.0707. The predicted molar refractivity (Wildman–Crippen MR) is 61.4 cm³/mol. The number of rotatable bonds is 2. The van der Waals surface area contributed by atoms with Crippen molar-refractivity contribution in [3.63, 3.8) is 0 Å². The summed E-state index contributed by atoms with van der Waals surface area (Å²) >= 11 is 0. The Hall–Kier alpha value is -1.91. The Balaban J connectivity index is 1.87. The molecular weight excluding hydrogens is 216 g/mol. The molecule has 1 aliphatic rings. The first-order valence-corrected chi connectivity index (χ1v) is 5.85. The molecule has 0 N–H and O–H groups in total. The summed E-state index contributed by atoms with van der Waals surface area (Å²) < 4.78 is 3.82. The van der Waals surface area contributed by atoms with E-state index in [1.165, 1.54) is 0 Å². The first-order chi connectivity index (χ1) is 8.36. The molecule has 5 heteroatoms. The van der Waals surface area contributed by atoms with Gasteiger partial charge in [0.1, 0.15) is 0 Å². The summed E-state index contributed by atoms with van der Waals surface area (Å²) in [6.45, 7) is 0. The maximum atomic E-state index is 12.4. The van der Waals surface area contributed by atoms with Crippen LogP contribution >= 0.6 is 0 Å². The molecule has 2 atom stereocenters. The van der Waals surface area contributed by atoms with Crippen LogP contribution in [0.1, 0.15) is 31.3 Å². The maximum absolute atomic E-state index is 12.4. The largest absolute Gasteiger partial charge is 0.327 e. The number of nitrogens with zero attached hydrogens (tertiary/aromatic N) is 4. The SMILES string of the molecule is O=C1C(n2ccnc2)CCCC1n1ccnc1. The third kappa shape index (κ3) is 1.77. The fourth-order valence-corrected chi connectivity index (χ4v) is 2.51. The van der Waals surface area contributed by atoms with Crippen LogP contribution in [0.2, 0.25) is 0 Å². The van der Waals surface area contributed by atoms with E-state index in [1.807, 2.05) is 21.5 Å². The van der Waals surface area contributed by atoms with Gasteiger partial charge in [0.15, 0.2) is 5.78 Å². The van der Waals surface area contributed by atoms with Gasteiger partial charge in [-0.3, -0.25) is 4.79 Å². The van der Waals surface area contributed by atoms with Crippen LogP contribution in [0.4, 0.5) is 0 Å². The van der Waals surface area contributed by atoms with Crippen molar-refractivity contribution in [2.75, 3.05) is 0 Å². The Labute approximate surface area is 99.1 Å². The number of carbonyl (C=O) groups excluding carboxylic acids is 1. The van der Waals surface area contributed by atoms with Crippen molar-refractivity contribution in [1.29, 1.82) is 0 Å². The molecule has 1 aliphatic carbocycles. The molecule has 2 unspecified atom stereocenters. The number of hydrogen-bond acceptors (Lipinski definition) is 3. The van der Waals surface area contributed by atoms with Crippen molar-refractivity contribution >= 4 is 5.78 Å². The number of carbonyl (C=O) groups is 1. The van der Waals surface area contributed by atoms with Gasteiger partial charge in [-0.25, -0.2) is 9.97 Å². The Morgan fingerprint density at radius 3 is 1.94 bits per heavy atom. The van der Waals surface area contributed by atoms with Crippen molar-refractivity contribution in [3.8, 4) is 0 Å². The molecule has 0 aromatic carbocycles. The Bertz CT molecular complexity index is 444. The first kappa shape index (κ1) is 10.3. The number of hydrogen-bond donors (Lipinski definition) is 0. The highest BCUT2D eigenvalue weighted by Gasteiger charge is 2.32. The van der Waals surface area contributed by atoms with Gasteiger partial charge in [0.2, 0.25) is 0 Å². The molecule has 2 heterocycles. The van der Waals surface area contributed by atoms with E-state index in [0.29, 0.717) is 0 Å². The van der Waals surface area contributed by atoms with E-state index < -0.39 is 0 Å². The standard InChI is InChI=1S/C12H14N4O/c17-12-10(15-6-4-13-8-15)2-1-3-11(12)16-7-5-14-9-16/h4-11H,1-3H2. The molecule has 0 spiro atoms. The molecule has 17 heavy (non-hydrogen) atoms. The van der Waals surface area contributed by atoms with E-state index in [9.17, 15) is 4.79 Å². The van der Waals surface area contributed by atoms with Gasteiger partial charge >= 0.3 is 0 Å². The van der Waals surface area contributed by atoms with Gasteiger partial charge in [0, 0.05) is 24.8 Å². The maximum Gasteiger partial charge on any atom is 0.178 e. The van der Waals surface area contributed by atoms with Crippen molar-refractivity contribution in [2.45, 2.75) is 31.3 Å². The second-order valence-corrected chi connectivity index (χ2v) is 4.38. The topological polar surface area (TPSA) is 52.7 Å². The summed E-state index contributed by atoms with van der Waals surface area (Å²) in [6.07, 6.45) is 13.5. The zero-order valence-electron chi connectivity index (χ0n) is 9.44. The third-order valence-electron chi connectivity index (χ3n) is 3.38. The summed E-state index contributed by atoms with van der Waals surface area (Å²) in [4.78, 5) is 20.4. The van der Waals surface area contributed by atoms with Crippen molar-refractivity contribution < 1.29 is 4.79 Å². The monoisotopic (exact) mass is 230 g/mol. The van der Waals surface area contributed by atoms with Gasteiger partial charge in [0.25, 0.3) is 0 Å². The van der Waals surface area contributed by atoms with Crippen LogP contribution in [0.3, 0.4) is 0 Å². The Morgan fingerprint density at radius 2 is 1.53 bits per heavy atom. The third-order valence-corrected chi connectivity index (χ3v) is 3.38. The summed E-state index contributed by atoms with van der Waals surface area (Å²) in [7, 11) is 0. The lowest BCUT2D eigenvalue weighted by Gasteiger charge is -2.29. The second-order valence-electron chi connectivity index (χ2n) is 4.38. The van der Waals surface area contributed by atoms with Crippen molar-refractivity contribution in [3.05, 3.63) is 37.4 Å². The van der Waals surface area contributed by atoms with Gasteiger partial charge in [0.05, 0.1) is 24.7 Å². The van der Waals surface area contributed by atoms with E-state index in [-0.39, 0.29) is 17.9 Å². The van der Waals surface area contributed by atoms with Gasteiger partial charge < -0.3 is 9.13 Å². The van der Waals surface area contributed by atoms with E-state index >= 15 is 0 Å². The molecule has 1 fully saturated rings. The van der Waals surface area contributed by atoms with Gasteiger partial charge in [-0.1, -0.05) is 0 Å². The molecule has 0 bridgehead atoms. The van der Waals surface area contributed by atoms with E-state index in [2.05, 4.69) is 9.97 Å². The molecular formula is C12H14N4O. The molecule has 2 aromatic heterocycles. The normalized spacial score (nSPS) is 25.1. The zero-order valence-corrected chi connectivity index (χ0v) is 9.44. The number of ketones is 1. The van der Waals surface area contributed by atoms with Gasteiger partial charge in [-0.15, -0.1) is 0 Å². The quantitative estimate of drug-likeness (QED) is 0.787. The fraction of sp³-hybridized carbons (Fsp3) is 0.417. The highest BCUT2D eigenvalue weighted by molar-refractivity contribution is 5.87. The Morgan fingerprint density at radius 1 is 1.00 bits per heavy atom. The molecule has 5 nitrogen and oxygen atoms in total. The molecule has 3 rings (SSSR count). The van der Waals surface area contributed by atoms with Crippen LogP contribution in [-0.2, 0) is 4.79 Å². The van der Waals surface area contributed by atoms with E-state index in [1.54, 1.807) is 25.0 Å². The van der Waals surface area contributed by atoms with E-state index in [0.717, 1.165) is 19.3 Å². The number of aromatic nitrogens is 4. The van der Waals surface area contributed by atoms with Crippen LogP contribution < -0.4 is 0 Å². The van der Waals surface area contributed by atoms with Crippen LogP contribution in [0, 0.1) is 0 Å². The van der Waals surface area contributed by atoms with Crippen LogP contribution in [0.25, 0.3) is 0 Å². The molecule has 0 saturated heterocycles. The molecule has 0 radical (unpaired) electrons. The average molecular weight is 230 g/mol. The summed E-state index contributed by atoms with van der Waals surface area (Å²) in [6, 6.07) is -0.141. The predicted octanol–water partition coefficient (Wildman–Crippen LogP) is 1.61. The minimum atomic E-state index is -0.0707. The second kappa shape index (κ2) is 4.16. The van der Waals surface area contributed by atoms with Crippen LogP contribution in [-0.4, -0.2) is 24.9 Å².